The van der Waals surface area contributed by atoms with E-state index in [0.717, 1.165) is 9.88 Å². The number of sulfonamides is 1. The van der Waals surface area contributed by atoms with Crippen LogP contribution in [0.25, 0.3) is 0 Å². The summed E-state index contributed by atoms with van der Waals surface area (Å²) < 4.78 is 30.3. The Balaban J connectivity index is 2.82. The fraction of sp³-hybridized carbons (Fsp3) is 0.412. The first kappa shape index (κ1) is 20.9. The van der Waals surface area contributed by atoms with Crippen molar-refractivity contribution in [2.24, 2.45) is 0 Å². The van der Waals surface area contributed by atoms with E-state index in [1.165, 1.54) is 43.3 Å². The third-order valence-electron chi connectivity index (χ3n) is 3.37. The van der Waals surface area contributed by atoms with Gasteiger partial charge in [-0.3, -0.25) is 4.79 Å². The maximum Gasteiger partial charge on any atom is 0.338 e. The summed E-state index contributed by atoms with van der Waals surface area (Å²) in [5.41, 5.74) is 0.891. The quantitative estimate of drug-likeness (QED) is 0.513. The number of hydrogen-bond acceptors (Lipinski definition) is 5. The highest BCUT2D eigenvalue weighted by Crippen LogP contribution is 2.15. The molecule has 0 bridgehead atoms. The lowest BCUT2D eigenvalue weighted by atomic mass is 10.2. The van der Waals surface area contributed by atoms with E-state index in [4.69, 9.17) is 4.74 Å². The van der Waals surface area contributed by atoms with E-state index in [2.05, 4.69) is 6.58 Å². The molecular weight excluding hydrogens is 344 g/mol. The number of hydrogen-bond donors (Lipinski definition) is 0. The summed E-state index contributed by atoms with van der Waals surface area (Å²) in [6.45, 7) is 7.83. The van der Waals surface area contributed by atoms with Crippen molar-refractivity contribution in [1.82, 2.24) is 9.21 Å². The highest BCUT2D eigenvalue weighted by atomic mass is 32.2. The standard InChI is InChI=1S/C17H24N2O5S/c1-6-19(11-13(2)3)16(20)12-24-17(21)14-8-7-9-15(10-14)25(22,23)18(4)5/h7-10H,2,6,11-12H2,1,3-5H3. The second-order valence-electron chi connectivity index (χ2n) is 5.76. The molecule has 25 heavy (non-hydrogen) atoms. The second-order valence-corrected chi connectivity index (χ2v) is 7.91. The van der Waals surface area contributed by atoms with Crippen molar-refractivity contribution in [3.05, 3.63) is 42.0 Å². The van der Waals surface area contributed by atoms with Gasteiger partial charge in [-0.05, 0) is 32.0 Å². The van der Waals surface area contributed by atoms with Gasteiger partial charge in [0.25, 0.3) is 5.91 Å². The first-order valence-corrected chi connectivity index (χ1v) is 9.15. The van der Waals surface area contributed by atoms with Crippen molar-refractivity contribution in [2.45, 2.75) is 18.7 Å². The van der Waals surface area contributed by atoms with E-state index >= 15 is 0 Å². The molecule has 0 saturated heterocycles. The van der Waals surface area contributed by atoms with E-state index in [-0.39, 0.29) is 16.4 Å². The Kier molecular flexibility index (Phi) is 7.32. The molecule has 0 heterocycles. The number of ether oxygens (including phenoxy) is 1. The van der Waals surface area contributed by atoms with Gasteiger partial charge in [0, 0.05) is 27.2 Å². The van der Waals surface area contributed by atoms with Gasteiger partial charge in [0.1, 0.15) is 0 Å². The van der Waals surface area contributed by atoms with Crippen LogP contribution >= 0.6 is 0 Å². The van der Waals surface area contributed by atoms with E-state index in [0.29, 0.717) is 13.1 Å². The van der Waals surface area contributed by atoms with Crippen molar-refractivity contribution in [2.75, 3.05) is 33.8 Å². The average molecular weight is 368 g/mol. The molecule has 0 radical (unpaired) electrons. The number of carbonyl (C=O) groups is 2. The summed E-state index contributed by atoms with van der Waals surface area (Å²) in [5.74, 6) is -1.09. The zero-order valence-corrected chi connectivity index (χ0v) is 15.8. The van der Waals surface area contributed by atoms with Gasteiger partial charge in [0.15, 0.2) is 6.61 Å². The average Bonchev–Trinajstić information content (AvgIpc) is 2.56. The topological polar surface area (TPSA) is 84.0 Å². The largest absolute Gasteiger partial charge is 0.452 e. The zero-order valence-electron chi connectivity index (χ0n) is 15.0. The van der Waals surface area contributed by atoms with Gasteiger partial charge in [0.05, 0.1) is 10.5 Å². The van der Waals surface area contributed by atoms with Crippen molar-refractivity contribution >= 4 is 21.9 Å². The Labute approximate surface area is 148 Å². The lowest BCUT2D eigenvalue weighted by molar-refractivity contribution is -0.133. The third-order valence-corrected chi connectivity index (χ3v) is 5.18. The fourth-order valence-electron chi connectivity index (χ4n) is 2.00. The van der Waals surface area contributed by atoms with Gasteiger partial charge < -0.3 is 9.64 Å². The minimum atomic E-state index is -3.65. The van der Waals surface area contributed by atoms with E-state index in [9.17, 15) is 18.0 Å². The molecule has 0 N–H and O–H groups in total. The highest BCUT2D eigenvalue weighted by molar-refractivity contribution is 7.89. The zero-order chi connectivity index (χ0) is 19.2. The number of rotatable bonds is 8. The molecule has 8 heteroatoms. The van der Waals surface area contributed by atoms with Crippen LogP contribution in [-0.2, 0) is 19.6 Å². The molecule has 1 aromatic carbocycles. The highest BCUT2D eigenvalue weighted by Gasteiger charge is 2.20. The minimum Gasteiger partial charge on any atom is -0.452 e. The first-order chi connectivity index (χ1) is 11.6. The van der Waals surface area contributed by atoms with Gasteiger partial charge in [-0.15, -0.1) is 0 Å². The second kappa shape index (κ2) is 8.77. The van der Waals surface area contributed by atoms with Gasteiger partial charge in [0.2, 0.25) is 10.0 Å². The van der Waals surface area contributed by atoms with Crippen LogP contribution in [0.1, 0.15) is 24.2 Å². The van der Waals surface area contributed by atoms with Crippen LogP contribution in [0.15, 0.2) is 41.3 Å². The first-order valence-electron chi connectivity index (χ1n) is 7.71. The number of likely N-dealkylation sites (N-methyl/N-ethyl adjacent to an activating group) is 1. The van der Waals surface area contributed by atoms with E-state index in [1.807, 2.05) is 6.92 Å². The molecule has 0 aliphatic heterocycles. The third kappa shape index (κ3) is 5.68. The number of carbonyl (C=O) groups excluding carboxylic acids is 2. The van der Waals surface area contributed by atoms with Crippen molar-refractivity contribution in [3.63, 3.8) is 0 Å². The van der Waals surface area contributed by atoms with Crippen LogP contribution in [0, 0.1) is 0 Å². The number of esters is 1. The van der Waals surface area contributed by atoms with E-state index < -0.39 is 22.6 Å². The van der Waals surface area contributed by atoms with E-state index in [1.54, 1.807) is 6.92 Å². The van der Waals surface area contributed by atoms with Crippen LogP contribution in [-0.4, -0.2) is 63.3 Å². The Hall–Kier alpha value is -2.19. The van der Waals surface area contributed by atoms with Crippen LogP contribution in [0.5, 0.6) is 0 Å². The summed E-state index contributed by atoms with van der Waals surface area (Å²) in [7, 11) is -0.849. The van der Waals surface area contributed by atoms with Gasteiger partial charge in [-0.1, -0.05) is 18.2 Å². The molecule has 138 valence electrons. The fourth-order valence-corrected chi connectivity index (χ4v) is 2.95. The van der Waals surface area contributed by atoms with Crippen molar-refractivity contribution < 1.29 is 22.7 Å². The Morgan fingerprint density at radius 1 is 1.24 bits per heavy atom. The molecule has 0 atom stereocenters. The normalized spacial score (nSPS) is 11.2. The molecule has 0 aliphatic carbocycles. The SMILES string of the molecule is C=C(C)CN(CC)C(=O)COC(=O)c1cccc(S(=O)(=O)N(C)C)c1. The van der Waals surface area contributed by atoms with Gasteiger partial charge >= 0.3 is 5.97 Å². The van der Waals surface area contributed by atoms with Gasteiger partial charge in [-0.2, -0.15) is 0 Å². The molecule has 1 aromatic rings. The number of nitrogens with zero attached hydrogens (tertiary/aromatic N) is 2. The molecule has 1 amide bonds. The Morgan fingerprint density at radius 3 is 2.40 bits per heavy atom. The van der Waals surface area contributed by atoms with Crippen LogP contribution in [0.3, 0.4) is 0 Å². The summed E-state index contributed by atoms with van der Waals surface area (Å²) >= 11 is 0. The predicted octanol–water partition coefficient (Wildman–Crippen LogP) is 1.52. The molecule has 1 rings (SSSR count). The van der Waals surface area contributed by atoms with Crippen LogP contribution in [0.2, 0.25) is 0 Å². The lowest BCUT2D eigenvalue weighted by Gasteiger charge is -2.20. The van der Waals surface area contributed by atoms with Crippen molar-refractivity contribution in [1.29, 1.82) is 0 Å². The van der Waals surface area contributed by atoms with Gasteiger partial charge in [-0.25, -0.2) is 17.5 Å². The molecule has 0 saturated carbocycles. The summed E-state index contributed by atoms with van der Waals surface area (Å²) in [5, 5.41) is 0. The van der Waals surface area contributed by atoms with Crippen LogP contribution < -0.4 is 0 Å². The maximum absolute atomic E-state index is 12.1. The Bertz CT molecular complexity index is 756. The lowest BCUT2D eigenvalue weighted by Crippen LogP contribution is -2.35. The monoisotopic (exact) mass is 368 g/mol. The number of benzene rings is 1. The molecule has 0 aliphatic rings. The molecular formula is C17H24N2O5S. The maximum atomic E-state index is 12.1. The molecule has 0 spiro atoms. The molecule has 0 unspecified atom stereocenters. The molecule has 7 nitrogen and oxygen atoms in total. The minimum absolute atomic E-state index is 0.0178. The Morgan fingerprint density at radius 2 is 1.88 bits per heavy atom. The smallest absolute Gasteiger partial charge is 0.338 e. The number of amides is 1. The molecule has 0 fully saturated rings. The molecule has 0 aromatic heterocycles. The summed E-state index contributed by atoms with van der Waals surface area (Å²) in [4.78, 5) is 25.7. The summed E-state index contributed by atoms with van der Waals surface area (Å²) in [6.07, 6.45) is 0. The van der Waals surface area contributed by atoms with Crippen molar-refractivity contribution in [3.8, 4) is 0 Å². The summed E-state index contributed by atoms with van der Waals surface area (Å²) in [6, 6.07) is 5.51. The van der Waals surface area contributed by atoms with Crippen LogP contribution in [0.4, 0.5) is 0 Å². The predicted molar refractivity (Wildman–Crippen MR) is 94.7 cm³/mol.